The summed E-state index contributed by atoms with van der Waals surface area (Å²) >= 11 is 0. The molecule has 1 aromatic rings. The van der Waals surface area contributed by atoms with Crippen molar-refractivity contribution in [2.45, 2.75) is 20.0 Å². The zero-order valence-electron chi connectivity index (χ0n) is 8.28. The van der Waals surface area contributed by atoms with Gasteiger partial charge in [0.25, 0.3) is 0 Å². The highest BCUT2D eigenvalue weighted by Gasteiger charge is 2.01. The number of anilines is 2. The van der Waals surface area contributed by atoms with Gasteiger partial charge in [-0.05, 0) is 13.8 Å². The predicted octanol–water partition coefficient (Wildman–Crippen LogP) is -0.137. The largest absolute Gasteiger partial charge is 0.392 e. The third kappa shape index (κ3) is 3.15. The van der Waals surface area contributed by atoms with Gasteiger partial charge in [0.2, 0.25) is 0 Å². The molecule has 1 atom stereocenters. The van der Waals surface area contributed by atoms with E-state index in [4.69, 9.17) is 10.9 Å². The Morgan fingerprint density at radius 1 is 1.50 bits per heavy atom. The van der Waals surface area contributed by atoms with Gasteiger partial charge in [0, 0.05) is 12.6 Å². The fraction of sp³-hybridized carbons (Fsp3) is 0.500. The molecular formula is C8H15N5O. The van der Waals surface area contributed by atoms with E-state index in [0.717, 1.165) is 0 Å². The molecule has 5 N–H and O–H groups in total. The van der Waals surface area contributed by atoms with Crippen LogP contribution in [0.1, 0.15) is 12.7 Å². The van der Waals surface area contributed by atoms with Crippen LogP contribution in [0.5, 0.6) is 0 Å². The van der Waals surface area contributed by atoms with E-state index in [-0.39, 0.29) is 0 Å². The molecule has 1 unspecified atom stereocenters. The smallest absolute Gasteiger partial charge is 0.145 e. The fourth-order valence-electron chi connectivity index (χ4n) is 0.984. The van der Waals surface area contributed by atoms with Crippen molar-refractivity contribution in [3.8, 4) is 0 Å². The molecule has 0 spiro atoms. The van der Waals surface area contributed by atoms with Crippen molar-refractivity contribution in [2.24, 2.45) is 5.84 Å². The maximum absolute atomic E-state index is 9.06. The zero-order valence-corrected chi connectivity index (χ0v) is 8.28. The molecule has 14 heavy (non-hydrogen) atoms. The second-order valence-corrected chi connectivity index (χ2v) is 3.06. The predicted molar refractivity (Wildman–Crippen MR) is 54.7 cm³/mol. The lowest BCUT2D eigenvalue weighted by Gasteiger charge is -2.09. The highest BCUT2D eigenvalue weighted by molar-refractivity contribution is 5.46. The molecular weight excluding hydrogens is 182 g/mol. The summed E-state index contributed by atoms with van der Waals surface area (Å²) in [5.41, 5.74) is 2.44. The summed E-state index contributed by atoms with van der Waals surface area (Å²) in [6.07, 6.45) is -0.417. The van der Waals surface area contributed by atoms with Crippen molar-refractivity contribution >= 4 is 11.6 Å². The molecule has 1 aromatic heterocycles. The number of nitrogens with two attached hydrogens (primary N) is 1. The van der Waals surface area contributed by atoms with Crippen LogP contribution in [0.2, 0.25) is 0 Å². The van der Waals surface area contributed by atoms with E-state index in [9.17, 15) is 0 Å². The van der Waals surface area contributed by atoms with Crippen LogP contribution in [0.25, 0.3) is 0 Å². The molecule has 0 aliphatic heterocycles. The minimum atomic E-state index is -0.417. The van der Waals surface area contributed by atoms with Gasteiger partial charge in [0.05, 0.1) is 6.10 Å². The van der Waals surface area contributed by atoms with Crippen LogP contribution >= 0.6 is 0 Å². The third-order valence-corrected chi connectivity index (χ3v) is 1.56. The average molecular weight is 197 g/mol. The van der Waals surface area contributed by atoms with E-state index >= 15 is 0 Å². The first-order valence-corrected chi connectivity index (χ1v) is 4.36. The molecule has 0 aliphatic rings. The molecule has 0 saturated carbocycles. The Bertz CT molecular complexity index is 302. The number of aryl methyl sites for hydroxylation is 1. The normalized spacial score (nSPS) is 12.3. The van der Waals surface area contributed by atoms with E-state index < -0.39 is 6.10 Å². The maximum atomic E-state index is 9.06. The van der Waals surface area contributed by atoms with Gasteiger partial charge < -0.3 is 15.8 Å². The number of aliphatic hydroxyl groups excluding tert-OH is 1. The van der Waals surface area contributed by atoms with Crippen molar-refractivity contribution in [2.75, 3.05) is 17.3 Å². The molecule has 6 heteroatoms. The summed E-state index contributed by atoms with van der Waals surface area (Å²) in [5.74, 6) is 7.04. The lowest BCUT2D eigenvalue weighted by atomic mass is 10.4. The van der Waals surface area contributed by atoms with Crippen LogP contribution in [-0.2, 0) is 0 Å². The second kappa shape index (κ2) is 4.73. The molecule has 78 valence electrons. The van der Waals surface area contributed by atoms with Gasteiger partial charge in [-0.2, -0.15) is 0 Å². The van der Waals surface area contributed by atoms with Gasteiger partial charge in [-0.15, -0.1) is 0 Å². The zero-order chi connectivity index (χ0) is 10.6. The number of hydrazine groups is 1. The minimum absolute atomic E-state index is 0.417. The summed E-state index contributed by atoms with van der Waals surface area (Å²) < 4.78 is 0. The van der Waals surface area contributed by atoms with Gasteiger partial charge >= 0.3 is 0 Å². The van der Waals surface area contributed by atoms with E-state index in [2.05, 4.69) is 20.7 Å². The molecule has 0 radical (unpaired) electrons. The monoisotopic (exact) mass is 197 g/mol. The summed E-state index contributed by atoms with van der Waals surface area (Å²) in [4.78, 5) is 8.15. The highest BCUT2D eigenvalue weighted by Crippen LogP contribution is 2.09. The van der Waals surface area contributed by atoms with Crippen LogP contribution in [0.4, 0.5) is 11.6 Å². The lowest BCUT2D eigenvalue weighted by molar-refractivity contribution is 0.208. The Labute approximate surface area is 82.5 Å². The van der Waals surface area contributed by atoms with Crippen molar-refractivity contribution in [1.82, 2.24) is 9.97 Å². The topological polar surface area (TPSA) is 96.1 Å². The average Bonchev–Trinajstić information content (AvgIpc) is 2.14. The van der Waals surface area contributed by atoms with E-state index in [1.54, 1.807) is 19.9 Å². The minimum Gasteiger partial charge on any atom is -0.392 e. The first-order valence-electron chi connectivity index (χ1n) is 4.36. The lowest BCUT2D eigenvalue weighted by Crippen LogP contribution is -2.17. The molecule has 1 rings (SSSR count). The van der Waals surface area contributed by atoms with Crippen molar-refractivity contribution in [1.29, 1.82) is 0 Å². The van der Waals surface area contributed by atoms with Crippen LogP contribution in [0.15, 0.2) is 6.07 Å². The number of nitrogen functional groups attached to an aromatic ring is 1. The van der Waals surface area contributed by atoms with Gasteiger partial charge in [-0.3, -0.25) is 0 Å². The van der Waals surface area contributed by atoms with E-state index in [1.165, 1.54) is 0 Å². The summed E-state index contributed by atoms with van der Waals surface area (Å²) in [6, 6.07) is 1.68. The summed E-state index contributed by atoms with van der Waals surface area (Å²) in [7, 11) is 0. The van der Waals surface area contributed by atoms with Crippen molar-refractivity contribution in [3.63, 3.8) is 0 Å². The standard InChI is InChI=1S/C8H15N5O/c1-5(14)4-10-7-3-8(13-9)12-6(2)11-7/h3,5,14H,4,9H2,1-2H3,(H2,10,11,12,13). The number of nitrogens with zero attached hydrogens (tertiary/aromatic N) is 2. The number of hydrogen-bond donors (Lipinski definition) is 4. The van der Waals surface area contributed by atoms with Gasteiger partial charge in [0.15, 0.2) is 0 Å². The second-order valence-electron chi connectivity index (χ2n) is 3.06. The number of aliphatic hydroxyl groups is 1. The first-order chi connectivity index (χ1) is 6.61. The van der Waals surface area contributed by atoms with E-state index in [0.29, 0.717) is 24.0 Å². The molecule has 0 amide bonds. The SMILES string of the molecule is Cc1nc(NN)cc(NCC(C)O)n1. The van der Waals surface area contributed by atoms with Crippen LogP contribution in [-0.4, -0.2) is 27.7 Å². The molecule has 0 aliphatic carbocycles. The third-order valence-electron chi connectivity index (χ3n) is 1.56. The van der Waals surface area contributed by atoms with Crippen LogP contribution in [0, 0.1) is 6.92 Å². The Balaban J connectivity index is 2.71. The number of aromatic nitrogens is 2. The van der Waals surface area contributed by atoms with Crippen molar-refractivity contribution in [3.05, 3.63) is 11.9 Å². The van der Waals surface area contributed by atoms with Crippen LogP contribution in [0.3, 0.4) is 0 Å². The quantitative estimate of drug-likeness (QED) is 0.396. The molecule has 0 aromatic carbocycles. The summed E-state index contributed by atoms with van der Waals surface area (Å²) in [5, 5.41) is 12.0. The first kappa shape index (κ1) is 10.7. The fourth-order valence-corrected chi connectivity index (χ4v) is 0.984. The maximum Gasteiger partial charge on any atom is 0.145 e. The number of rotatable bonds is 4. The number of nitrogens with one attached hydrogen (secondary N) is 2. The van der Waals surface area contributed by atoms with Gasteiger partial charge in [-0.1, -0.05) is 0 Å². The molecule has 6 nitrogen and oxygen atoms in total. The van der Waals surface area contributed by atoms with E-state index in [1.807, 2.05) is 0 Å². The Hall–Kier alpha value is -1.40. The summed E-state index contributed by atoms with van der Waals surface area (Å²) in [6.45, 7) is 3.91. The van der Waals surface area contributed by atoms with Crippen LogP contribution < -0.4 is 16.6 Å². The Morgan fingerprint density at radius 2 is 2.14 bits per heavy atom. The Morgan fingerprint density at radius 3 is 2.71 bits per heavy atom. The molecule has 0 fully saturated rings. The van der Waals surface area contributed by atoms with Gasteiger partial charge in [0.1, 0.15) is 17.5 Å². The highest BCUT2D eigenvalue weighted by atomic mass is 16.3. The molecule has 0 saturated heterocycles. The molecule has 1 heterocycles. The number of hydrogen-bond acceptors (Lipinski definition) is 6. The van der Waals surface area contributed by atoms with Gasteiger partial charge in [-0.25, -0.2) is 15.8 Å². The molecule has 0 bridgehead atoms. The Kier molecular flexibility index (Phi) is 3.61. The van der Waals surface area contributed by atoms with Crippen molar-refractivity contribution < 1.29 is 5.11 Å².